The molecule has 3 heteroatoms. The van der Waals surface area contributed by atoms with Gasteiger partial charge >= 0.3 is 0 Å². The first-order valence-corrected chi connectivity index (χ1v) is 46.0. The molecule has 0 amide bonds. The molecular formula is C138H84O3. The van der Waals surface area contributed by atoms with Crippen molar-refractivity contribution in [3.8, 4) is 100 Å². The number of rotatable bonds is 9. The van der Waals surface area contributed by atoms with E-state index in [-0.39, 0.29) is 124 Å². The molecule has 0 saturated heterocycles. The summed E-state index contributed by atoms with van der Waals surface area (Å²) in [7, 11) is 0. The van der Waals surface area contributed by atoms with Gasteiger partial charge in [0.25, 0.3) is 0 Å². The minimum absolute atomic E-state index is 0.0312. The van der Waals surface area contributed by atoms with Crippen LogP contribution < -0.4 is 0 Å². The van der Waals surface area contributed by atoms with Crippen molar-refractivity contribution in [3.05, 3.63) is 509 Å². The predicted octanol–water partition coefficient (Wildman–Crippen LogP) is 39.6. The molecule has 0 radical (unpaired) electrons. The maximum atomic E-state index is 9.36. The molecule has 654 valence electrons. The highest BCUT2D eigenvalue weighted by Gasteiger charge is 2.26. The molecule has 0 N–H and O–H groups in total. The van der Waals surface area contributed by atoms with E-state index in [0.717, 1.165) is 142 Å². The maximum absolute atomic E-state index is 9.36. The van der Waals surface area contributed by atoms with E-state index in [2.05, 4.69) is 54.6 Å². The summed E-state index contributed by atoms with van der Waals surface area (Å²) in [5, 5.41) is 15.4. The molecule has 0 spiro atoms. The fourth-order valence-electron chi connectivity index (χ4n) is 21.0. The normalized spacial score (nSPS) is 14.9. The van der Waals surface area contributed by atoms with Gasteiger partial charge in [-0.15, -0.1) is 0 Å². The molecule has 27 aromatic carbocycles. The number of benzene rings is 27. The lowest BCUT2D eigenvalue weighted by Gasteiger charge is -2.19. The first-order valence-electron chi connectivity index (χ1n) is 61.5. The van der Waals surface area contributed by atoms with Gasteiger partial charge in [-0.05, 0) is 290 Å². The van der Waals surface area contributed by atoms with E-state index in [9.17, 15) is 17.8 Å². The van der Waals surface area contributed by atoms with Gasteiger partial charge in [0, 0.05) is 32.3 Å². The van der Waals surface area contributed by atoms with E-state index in [1.807, 2.05) is 243 Å². The van der Waals surface area contributed by atoms with Crippen molar-refractivity contribution in [2.24, 2.45) is 0 Å². The van der Waals surface area contributed by atoms with Gasteiger partial charge in [-0.3, -0.25) is 0 Å². The highest BCUT2D eigenvalue weighted by atomic mass is 16.3. The van der Waals surface area contributed by atoms with Crippen LogP contribution in [0.2, 0.25) is 0 Å². The Labute approximate surface area is 855 Å². The Bertz CT molecular complexity index is 12200. The molecule has 0 bridgehead atoms. The summed E-state index contributed by atoms with van der Waals surface area (Å²) >= 11 is 0. The summed E-state index contributed by atoms with van der Waals surface area (Å²) in [5.74, 6) is 0. The molecule has 3 nitrogen and oxygen atoms in total. The van der Waals surface area contributed by atoms with Crippen molar-refractivity contribution < 1.29 is 55.7 Å². The van der Waals surface area contributed by atoms with Gasteiger partial charge in [-0.2, -0.15) is 0 Å². The second kappa shape index (κ2) is 33.2. The van der Waals surface area contributed by atoms with Crippen molar-refractivity contribution in [1.82, 2.24) is 0 Å². The van der Waals surface area contributed by atoms with Gasteiger partial charge in [-0.1, -0.05) is 448 Å². The van der Waals surface area contributed by atoms with Gasteiger partial charge in [-0.25, -0.2) is 0 Å². The molecule has 0 saturated carbocycles. The Hall–Kier alpha value is -18.5. The van der Waals surface area contributed by atoms with Crippen LogP contribution in [0.4, 0.5) is 0 Å². The van der Waals surface area contributed by atoms with Crippen LogP contribution in [0.25, 0.3) is 295 Å². The van der Waals surface area contributed by atoms with Crippen molar-refractivity contribution >= 4 is 195 Å². The Balaban J connectivity index is 0.000000119. The second-order valence-corrected chi connectivity index (χ2v) is 35.0. The zero-order valence-corrected chi connectivity index (χ0v) is 74.3. The van der Waals surface area contributed by atoms with E-state index in [0.29, 0.717) is 61.2 Å². The summed E-state index contributed by atoms with van der Waals surface area (Å²) in [5.41, 5.74) is 12.8. The molecular weight excluding hydrogens is 1710 g/mol. The monoisotopic (exact) mass is 1820 g/mol. The Morgan fingerprint density at radius 3 is 0.752 bits per heavy atom. The topological polar surface area (TPSA) is 39.4 Å². The number of hydrogen-bond acceptors (Lipinski definition) is 3. The first-order chi connectivity index (χ1) is 82.8. The summed E-state index contributed by atoms with van der Waals surface area (Å²) < 4.78 is 297. The Morgan fingerprint density at radius 2 is 0.383 bits per heavy atom. The average Bonchev–Trinajstić information content (AvgIpc) is 0.858. The predicted molar refractivity (Wildman–Crippen MR) is 600 cm³/mol. The lowest BCUT2D eigenvalue weighted by Crippen LogP contribution is -1.91. The van der Waals surface area contributed by atoms with E-state index >= 15 is 0 Å². The van der Waals surface area contributed by atoms with Crippen LogP contribution in [-0.4, -0.2) is 0 Å². The van der Waals surface area contributed by atoms with Crippen LogP contribution in [0, 0.1) is 0 Å². The van der Waals surface area contributed by atoms with Crippen molar-refractivity contribution in [2.45, 2.75) is 0 Å². The van der Waals surface area contributed by atoms with Gasteiger partial charge in [0.2, 0.25) is 0 Å². The molecule has 0 aliphatic rings. The smallest absolute Gasteiger partial charge is 0.136 e. The van der Waals surface area contributed by atoms with Crippen LogP contribution >= 0.6 is 0 Å². The van der Waals surface area contributed by atoms with E-state index in [1.165, 1.54) is 0 Å². The van der Waals surface area contributed by atoms with Gasteiger partial charge in [0.05, 0.1) is 42.5 Å². The second-order valence-electron chi connectivity index (χ2n) is 35.0. The minimum Gasteiger partial charge on any atom is -0.456 e. The van der Waals surface area contributed by atoms with Crippen molar-refractivity contribution in [3.63, 3.8) is 0 Å². The highest BCUT2D eigenvalue weighted by Crippen LogP contribution is 2.52. The largest absolute Gasteiger partial charge is 0.456 e. The van der Waals surface area contributed by atoms with Gasteiger partial charge < -0.3 is 13.3 Å². The van der Waals surface area contributed by atoms with Crippen LogP contribution in [0.3, 0.4) is 0 Å². The third-order valence-electron chi connectivity index (χ3n) is 27.3. The van der Waals surface area contributed by atoms with Crippen molar-refractivity contribution in [1.29, 1.82) is 0 Å². The summed E-state index contributed by atoms with van der Waals surface area (Å²) in [4.78, 5) is 0. The standard InChI is InChI=1S/3C46H28O/c2*1-2-13-33-28-43-41(27-32(33)12-1)46-35(20-10-22-42(46)47-43)30-23-25-31(26-24-30)44-37-16-5-7-18-39(37)45(40-19-8-6-17-38(40)44)36-21-9-14-29-11-3-4-15-34(29)36;1-2-11-32-26-35(25-20-29(32)10-1)45-39-16-7-5-14-37(39)44(38-15-6-8-17-40(38)45)31-23-21-30(22-24-31)36-18-9-19-42-46(36)41-27-33-12-3-4-13-34(33)28-43(41)47-42/h3*1-28H/i3D,4D,5D,6D,7D,8D,9D,11D,14D,15D,16D,17D,18D,19D,21D;5D,6D,7D,8D,16D,17D,18D,19D;5D,6D,7D,8D,14D,15D,16D,17D. The van der Waals surface area contributed by atoms with Crippen LogP contribution in [0.1, 0.15) is 42.5 Å². The van der Waals surface area contributed by atoms with Crippen LogP contribution in [0.15, 0.2) is 522 Å². The van der Waals surface area contributed by atoms with E-state index in [1.54, 1.807) is 24.3 Å². The molecule has 0 unspecified atom stereocenters. The molecule has 30 rings (SSSR count). The summed E-state index contributed by atoms with van der Waals surface area (Å²) in [6, 6.07) is 87.4. The lowest BCUT2D eigenvalue weighted by molar-refractivity contribution is 0.669. The zero-order chi connectivity index (χ0) is 120. The van der Waals surface area contributed by atoms with Gasteiger partial charge in [0.15, 0.2) is 0 Å². The third-order valence-corrected chi connectivity index (χ3v) is 27.3. The highest BCUT2D eigenvalue weighted by molar-refractivity contribution is 6.28. The zero-order valence-electron chi connectivity index (χ0n) is 105. The average molecular weight is 1820 g/mol. The molecule has 141 heavy (non-hydrogen) atoms. The Morgan fingerprint density at radius 1 is 0.128 bits per heavy atom. The molecule has 3 aromatic heterocycles. The fraction of sp³-hybridized carbons (Fsp3) is 0. The lowest BCUT2D eigenvalue weighted by atomic mass is 9.84. The van der Waals surface area contributed by atoms with Crippen LogP contribution in [0.5, 0.6) is 0 Å². The molecule has 30 aromatic rings. The molecule has 0 atom stereocenters. The fourth-order valence-corrected chi connectivity index (χ4v) is 21.0. The molecule has 3 heterocycles. The quantitative estimate of drug-likeness (QED) is 0.135. The first kappa shape index (κ1) is 55.5. The third kappa shape index (κ3) is 13.5. The Kier molecular flexibility index (Phi) is 13.1. The maximum Gasteiger partial charge on any atom is 0.136 e. The van der Waals surface area contributed by atoms with Crippen LogP contribution in [-0.2, 0) is 0 Å². The SMILES string of the molecule is [2H]c1c([2H])c([2H])c2c(-c3c4c([2H])c([2H])c([2H])c([2H])c4c(-c4ccc(-c5cccc6oc7cc8ccccc8cc7c56)cc4)c4c([2H])c([2H])c([2H])c([2H])c34)c([2H])c([2H])c([2H])c2c1[2H].[2H]c1c([2H])c([2H])c2c(-c3ccc4ccccc4c3)c3c([2H])c([2H])c([2H])c([2H])c3c(-c3ccc(-c4cccc5oc6cc7ccccc7cc6c45)cc3)c2c1[2H].[2H]c1c([2H])c([2H])c2c(-c3cccc4ccccc34)c3c([2H])c([2H])c([2H])c([2H])c3c(-c3ccc(-c4cccc5oc6cc7ccccc7cc6c45)cc3)c2c1[2H]. The van der Waals surface area contributed by atoms with Crippen molar-refractivity contribution in [2.75, 3.05) is 0 Å². The molecule has 0 aliphatic carbocycles. The number of fused-ring (bicyclic) bond motifs is 21. The van der Waals surface area contributed by atoms with E-state index < -0.39 is 155 Å². The summed E-state index contributed by atoms with van der Waals surface area (Å²) in [6.45, 7) is 0. The summed E-state index contributed by atoms with van der Waals surface area (Å²) in [6.07, 6.45) is 0. The molecule has 0 aliphatic heterocycles. The molecule has 0 fully saturated rings. The minimum atomic E-state index is -0.756. The van der Waals surface area contributed by atoms with Gasteiger partial charge in [0.1, 0.15) is 33.5 Å². The van der Waals surface area contributed by atoms with E-state index in [4.69, 9.17) is 37.9 Å². The number of hydrogen-bond donors (Lipinski definition) is 0. The number of furan rings is 3.